The van der Waals surface area contributed by atoms with E-state index in [9.17, 15) is 9.59 Å². The van der Waals surface area contributed by atoms with Gasteiger partial charge in [0.2, 0.25) is 0 Å². The molecule has 1 saturated heterocycles. The summed E-state index contributed by atoms with van der Waals surface area (Å²) in [6.45, 7) is 8.26. The highest BCUT2D eigenvalue weighted by molar-refractivity contribution is 5.96. The van der Waals surface area contributed by atoms with Gasteiger partial charge in [0.05, 0.1) is 17.0 Å². The Labute approximate surface area is 189 Å². The number of carbonyl (C=O) groups is 2. The van der Waals surface area contributed by atoms with Gasteiger partial charge in [0, 0.05) is 37.3 Å². The minimum absolute atomic E-state index is 0.0250. The van der Waals surface area contributed by atoms with E-state index in [0.717, 1.165) is 17.0 Å². The second-order valence-corrected chi connectivity index (χ2v) is 8.56. The van der Waals surface area contributed by atoms with E-state index in [1.807, 2.05) is 83.5 Å². The molecule has 3 aromatic rings. The third kappa shape index (κ3) is 4.57. The molecule has 2 amide bonds. The van der Waals surface area contributed by atoms with Crippen LogP contribution in [0.3, 0.4) is 0 Å². The van der Waals surface area contributed by atoms with Gasteiger partial charge in [-0.2, -0.15) is 0 Å². The molecule has 0 radical (unpaired) electrons. The summed E-state index contributed by atoms with van der Waals surface area (Å²) >= 11 is 0. The Bertz CT molecular complexity index is 1100. The monoisotopic (exact) mass is 427 g/mol. The number of hydrogen-bond acceptors (Lipinski definition) is 3. The highest BCUT2D eigenvalue weighted by Crippen LogP contribution is 2.21. The third-order valence-electron chi connectivity index (χ3n) is 6.06. The van der Waals surface area contributed by atoms with E-state index in [4.69, 9.17) is 0 Å². The van der Waals surface area contributed by atoms with Crippen LogP contribution >= 0.6 is 0 Å². The lowest BCUT2D eigenvalue weighted by Gasteiger charge is -2.35. The van der Waals surface area contributed by atoms with Crippen molar-refractivity contribution in [2.45, 2.75) is 26.7 Å². The summed E-state index contributed by atoms with van der Waals surface area (Å²) in [5.74, 6) is 0.439. The lowest BCUT2D eigenvalue weighted by atomic mass is 10.0. The maximum Gasteiger partial charge on any atom is 0.255 e. The van der Waals surface area contributed by atoms with Gasteiger partial charge in [0.1, 0.15) is 0 Å². The van der Waals surface area contributed by atoms with Gasteiger partial charge in [-0.1, -0.05) is 56.3 Å². The Morgan fingerprint density at radius 3 is 1.94 bits per heavy atom. The van der Waals surface area contributed by atoms with E-state index in [-0.39, 0.29) is 11.8 Å². The fraction of sp³-hybridized carbons (Fsp3) is 0.296. The van der Waals surface area contributed by atoms with Crippen molar-refractivity contribution in [1.29, 1.82) is 0 Å². The van der Waals surface area contributed by atoms with Gasteiger partial charge in [0.15, 0.2) is 0 Å². The number of pyridine rings is 1. The fourth-order valence-corrected chi connectivity index (χ4v) is 4.03. The molecule has 0 aliphatic carbocycles. The number of piperazine rings is 1. The van der Waals surface area contributed by atoms with Crippen LogP contribution in [0.1, 0.15) is 51.7 Å². The minimum atomic E-state index is -0.0250. The largest absolute Gasteiger partial charge is 0.335 e. The zero-order chi connectivity index (χ0) is 22.7. The zero-order valence-corrected chi connectivity index (χ0v) is 18.9. The van der Waals surface area contributed by atoms with Crippen LogP contribution in [0, 0.1) is 6.92 Å². The van der Waals surface area contributed by atoms with E-state index in [2.05, 4.69) is 18.8 Å². The molecule has 0 atom stereocenters. The maximum atomic E-state index is 13.1. The molecule has 0 N–H and O–H groups in total. The van der Waals surface area contributed by atoms with Gasteiger partial charge < -0.3 is 9.80 Å². The lowest BCUT2D eigenvalue weighted by molar-refractivity contribution is 0.0534. The average molecular weight is 428 g/mol. The smallest absolute Gasteiger partial charge is 0.255 e. The predicted octanol–water partition coefficient (Wildman–Crippen LogP) is 4.78. The van der Waals surface area contributed by atoms with E-state index in [1.54, 1.807) is 0 Å². The average Bonchev–Trinajstić information content (AvgIpc) is 2.84. The van der Waals surface area contributed by atoms with Crippen molar-refractivity contribution in [3.63, 3.8) is 0 Å². The van der Waals surface area contributed by atoms with Crippen LogP contribution in [0.4, 0.5) is 0 Å². The first kappa shape index (κ1) is 21.8. The lowest BCUT2D eigenvalue weighted by Crippen LogP contribution is -2.50. The number of amides is 2. The van der Waals surface area contributed by atoms with Gasteiger partial charge in [-0.3, -0.25) is 14.6 Å². The molecule has 164 valence electrons. The van der Waals surface area contributed by atoms with Crippen molar-refractivity contribution in [2.24, 2.45) is 0 Å². The topological polar surface area (TPSA) is 53.5 Å². The molecule has 0 unspecified atom stereocenters. The van der Waals surface area contributed by atoms with Crippen molar-refractivity contribution >= 4 is 11.8 Å². The van der Waals surface area contributed by atoms with Crippen molar-refractivity contribution in [3.05, 3.63) is 89.1 Å². The Kier molecular flexibility index (Phi) is 6.35. The summed E-state index contributed by atoms with van der Waals surface area (Å²) < 4.78 is 0. The van der Waals surface area contributed by atoms with Gasteiger partial charge >= 0.3 is 0 Å². The molecule has 1 aromatic heterocycles. The summed E-state index contributed by atoms with van der Waals surface area (Å²) in [7, 11) is 0. The van der Waals surface area contributed by atoms with Crippen LogP contribution in [0.25, 0.3) is 11.3 Å². The maximum absolute atomic E-state index is 13.1. The molecule has 0 saturated carbocycles. The Balaban J connectivity index is 1.39. The summed E-state index contributed by atoms with van der Waals surface area (Å²) in [6.07, 6.45) is 0. The molecule has 5 nitrogen and oxygen atoms in total. The first-order chi connectivity index (χ1) is 15.4. The molecule has 32 heavy (non-hydrogen) atoms. The van der Waals surface area contributed by atoms with Crippen molar-refractivity contribution in [2.75, 3.05) is 26.2 Å². The predicted molar refractivity (Wildman–Crippen MR) is 127 cm³/mol. The highest BCUT2D eigenvalue weighted by Gasteiger charge is 2.26. The molecular formula is C27H29N3O2. The van der Waals surface area contributed by atoms with Gasteiger partial charge in [0.25, 0.3) is 11.8 Å². The van der Waals surface area contributed by atoms with E-state index in [0.29, 0.717) is 43.2 Å². The van der Waals surface area contributed by atoms with Crippen LogP contribution in [0.15, 0.2) is 66.7 Å². The highest BCUT2D eigenvalue weighted by atomic mass is 16.2. The van der Waals surface area contributed by atoms with E-state index >= 15 is 0 Å². The van der Waals surface area contributed by atoms with Crippen molar-refractivity contribution < 1.29 is 9.59 Å². The summed E-state index contributed by atoms with van der Waals surface area (Å²) in [5.41, 5.74) is 5.15. The number of hydrogen-bond donors (Lipinski definition) is 0. The number of nitrogens with zero attached hydrogens (tertiary/aromatic N) is 3. The van der Waals surface area contributed by atoms with Crippen LogP contribution in [-0.2, 0) is 0 Å². The zero-order valence-electron chi connectivity index (χ0n) is 18.9. The Morgan fingerprint density at radius 2 is 1.38 bits per heavy atom. The van der Waals surface area contributed by atoms with Gasteiger partial charge in [-0.25, -0.2) is 0 Å². The molecular weight excluding hydrogens is 398 g/mol. The van der Waals surface area contributed by atoms with Crippen LogP contribution in [0.5, 0.6) is 0 Å². The molecule has 2 aromatic carbocycles. The van der Waals surface area contributed by atoms with Gasteiger partial charge in [-0.15, -0.1) is 0 Å². The standard InChI is InChI=1S/C27H29N3O2/c1-19(2)21-9-11-23(12-10-21)26(31)29-15-17-30(18-16-29)27(32)24-13-14-25(28-20(24)3)22-7-5-4-6-8-22/h4-14,19H,15-18H2,1-3H3. The molecule has 1 aliphatic rings. The quantitative estimate of drug-likeness (QED) is 0.602. The normalized spacial score (nSPS) is 14.0. The number of carbonyl (C=O) groups excluding carboxylic acids is 2. The molecule has 0 spiro atoms. The molecule has 1 fully saturated rings. The molecule has 2 heterocycles. The summed E-state index contributed by atoms with van der Waals surface area (Å²) in [5, 5.41) is 0. The van der Waals surface area contributed by atoms with Gasteiger partial charge in [-0.05, 0) is 42.7 Å². The molecule has 0 bridgehead atoms. The number of rotatable bonds is 4. The third-order valence-corrected chi connectivity index (χ3v) is 6.06. The number of benzene rings is 2. The van der Waals surface area contributed by atoms with Crippen molar-refractivity contribution in [1.82, 2.24) is 14.8 Å². The molecule has 5 heteroatoms. The number of aromatic nitrogens is 1. The Hall–Kier alpha value is -3.47. The van der Waals surface area contributed by atoms with Crippen LogP contribution in [-0.4, -0.2) is 52.8 Å². The second-order valence-electron chi connectivity index (χ2n) is 8.56. The summed E-state index contributed by atoms with van der Waals surface area (Å²) in [4.78, 5) is 34.3. The first-order valence-electron chi connectivity index (χ1n) is 11.2. The van der Waals surface area contributed by atoms with Crippen molar-refractivity contribution in [3.8, 4) is 11.3 Å². The number of aryl methyl sites for hydroxylation is 1. The van der Waals surface area contributed by atoms with Crippen LogP contribution in [0.2, 0.25) is 0 Å². The van der Waals surface area contributed by atoms with Crippen LogP contribution < -0.4 is 0 Å². The van der Waals surface area contributed by atoms with E-state index in [1.165, 1.54) is 5.56 Å². The Morgan fingerprint density at radius 1 is 0.781 bits per heavy atom. The fourth-order valence-electron chi connectivity index (χ4n) is 4.03. The molecule has 4 rings (SSSR count). The summed E-state index contributed by atoms with van der Waals surface area (Å²) in [6, 6.07) is 21.5. The second kappa shape index (κ2) is 9.35. The molecule has 1 aliphatic heterocycles. The van der Waals surface area contributed by atoms with E-state index < -0.39 is 0 Å². The SMILES string of the molecule is Cc1nc(-c2ccccc2)ccc1C(=O)N1CCN(C(=O)c2ccc(C(C)C)cc2)CC1. The first-order valence-corrected chi connectivity index (χ1v) is 11.2. The minimum Gasteiger partial charge on any atom is -0.335 e.